The number of aromatic nitrogens is 2. The van der Waals surface area contributed by atoms with E-state index in [4.69, 9.17) is 5.73 Å². The third kappa shape index (κ3) is 4.91. The number of nitrogens with zero attached hydrogens (tertiary/aromatic N) is 4. The number of benzene rings is 1. The van der Waals surface area contributed by atoms with Crippen molar-refractivity contribution in [3.8, 4) is 11.3 Å². The molecule has 156 valence electrons. The first-order chi connectivity index (χ1) is 13.9. The molecule has 3 rings (SSSR count). The summed E-state index contributed by atoms with van der Waals surface area (Å²) in [7, 11) is 1.79. The number of carbonyl (C=O) groups is 2. The summed E-state index contributed by atoms with van der Waals surface area (Å²) in [6, 6.07) is 6.88. The van der Waals surface area contributed by atoms with E-state index in [2.05, 4.69) is 9.97 Å². The highest BCUT2D eigenvalue weighted by atomic mass is 16.2. The van der Waals surface area contributed by atoms with Crippen LogP contribution in [0.5, 0.6) is 0 Å². The van der Waals surface area contributed by atoms with Crippen molar-refractivity contribution in [1.82, 2.24) is 19.8 Å². The topological polar surface area (TPSA) is 92.4 Å². The maximum atomic E-state index is 13.1. The second kappa shape index (κ2) is 10.0. The number of nitrogens with two attached hydrogens (primary N) is 1. The SMILES string of the molecule is CC.CCCC1C(=O)N(C)CCN1C(=O)c1cccc(-c2cnc(N)c(C)n2)c1. The van der Waals surface area contributed by atoms with Crippen molar-refractivity contribution in [3.63, 3.8) is 0 Å². The fraction of sp³-hybridized carbons (Fsp3) is 0.455. The number of hydrogen-bond acceptors (Lipinski definition) is 5. The third-order valence-electron chi connectivity index (χ3n) is 4.93. The summed E-state index contributed by atoms with van der Waals surface area (Å²) < 4.78 is 0. The number of rotatable bonds is 4. The molecule has 0 spiro atoms. The fourth-order valence-electron chi connectivity index (χ4n) is 3.31. The predicted octanol–water partition coefficient (Wildman–Crippen LogP) is 3.14. The minimum atomic E-state index is -0.400. The van der Waals surface area contributed by atoms with Gasteiger partial charge in [-0.05, 0) is 25.5 Å². The van der Waals surface area contributed by atoms with Crippen molar-refractivity contribution >= 4 is 17.6 Å². The monoisotopic (exact) mass is 397 g/mol. The highest BCUT2D eigenvalue weighted by molar-refractivity contribution is 5.99. The van der Waals surface area contributed by atoms with Crippen molar-refractivity contribution in [3.05, 3.63) is 41.7 Å². The van der Waals surface area contributed by atoms with Gasteiger partial charge in [0.1, 0.15) is 11.9 Å². The third-order valence-corrected chi connectivity index (χ3v) is 4.93. The summed E-state index contributed by atoms with van der Waals surface area (Å²) in [5, 5.41) is 0. The molecule has 0 saturated carbocycles. The Kier molecular flexibility index (Phi) is 7.70. The van der Waals surface area contributed by atoms with Gasteiger partial charge in [0.05, 0.1) is 17.6 Å². The molecule has 2 heterocycles. The Morgan fingerprint density at radius 1 is 1.28 bits per heavy atom. The van der Waals surface area contributed by atoms with Crippen LogP contribution in [0.2, 0.25) is 0 Å². The molecule has 1 atom stereocenters. The largest absolute Gasteiger partial charge is 0.382 e. The van der Waals surface area contributed by atoms with E-state index < -0.39 is 6.04 Å². The van der Waals surface area contributed by atoms with Gasteiger partial charge in [-0.15, -0.1) is 0 Å². The fourth-order valence-corrected chi connectivity index (χ4v) is 3.31. The lowest BCUT2D eigenvalue weighted by Crippen LogP contribution is -2.57. The maximum absolute atomic E-state index is 13.1. The first-order valence-electron chi connectivity index (χ1n) is 10.2. The van der Waals surface area contributed by atoms with Gasteiger partial charge in [0, 0.05) is 31.3 Å². The lowest BCUT2D eigenvalue weighted by atomic mass is 10.0. The molecule has 0 bridgehead atoms. The number of anilines is 1. The molecule has 1 aromatic carbocycles. The summed E-state index contributed by atoms with van der Waals surface area (Å²) in [6.07, 6.45) is 3.11. The minimum Gasteiger partial charge on any atom is -0.382 e. The second-order valence-corrected chi connectivity index (χ2v) is 6.87. The van der Waals surface area contributed by atoms with Gasteiger partial charge in [-0.3, -0.25) is 9.59 Å². The summed E-state index contributed by atoms with van der Waals surface area (Å²) in [5.74, 6) is 0.272. The number of piperazine rings is 1. The quantitative estimate of drug-likeness (QED) is 0.855. The molecule has 7 heteroatoms. The summed E-state index contributed by atoms with van der Waals surface area (Å²) in [5.41, 5.74) is 8.39. The smallest absolute Gasteiger partial charge is 0.254 e. The van der Waals surface area contributed by atoms with E-state index in [1.165, 1.54) is 0 Å². The number of hydrogen-bond donors (Lipinski definition) is 1. The average Bonchev–Trinajstić information content (AvgIpc) is 2.75. The number of carbonyl (C=O) groups excluding carboxylic acids is 2. The van der Waals surface area contributed by atoms with Crippen LogP contribution in [0.15, 0.2) is 30.5 Å². The predicted molar refractivity (Wildman–Crippen MR) is 115 cm³/mol. The Labute approximate surface area is 172 Å². The van der Waals surface area contributed by atoms with E-state index in [0.717, 1.165) is 12.0 Å². The zero-order valence-corrected chi connectivity index (χ0v) is 18.0. The van der Waals surface area contributed by atoms with E-state index in [9.17, 15) is 9.59 Å². The van der Waals surface area contributed by atoms with Gasteiger partial charge in [0.15, 0.2) is 0 Å². The highest BCUT2D eigenvalue weighted by Crippen LogP contribution is 2.23. The van der Waals surface area contributed by atoms with E-state index in [1.807, 2.05) is 32.9 Å². The first kappa shape index (κ1) is 22.3. The summed E-state index contributed by atoms with van der Waals surface area (Å²) in [6.45, 7) is 8.91. The maximum Gasteiger partial charge on any atom is 0.254 e. The molecular weight excluding hydrogens is 366 g/mol. The van der Waals surface area contributed by atoms with Crippen LogP contribution in [0, 0.1) is 6.92 Å². The van der Waals surface area contributed by atoms with Gasteiger partial charge in [-0.25, -0.2) is 9.97 Å². The van der Waals surface area contributed by atoms with Crippen LogP contribution in [0.3, 0.4) is 0 Å². The summed E-state index contributed by atoms with van der Waals surface area (Å²) >= 11 is 0. The molecule has 2 aromatic rings. The number of likely N-dealkylation sites (N-methyl/N-ethyl adjacent to an activating group) is 1. The molecule has 1 unspecified atom stereocenters. The van der Waals surface area contributed by atoms with Crippen molar-refractivity contribution in [2.24, 2.45) is 0 Å². The zero-order chi connectivity index (χ0) is 21.6. The van der Waals surface area contributed by atoms with Crippen LogP contribution in [0.1, 0.15) is 49.7 Å². The molecule has 2 N–H and O–H groups in total. The van der Waals surface area contributed by atoms with E-state index in [1.54, 1.807) is 42.1 Å². The van der Waals surface area contributed by atoms with E-state index in [-0.39, 0.29) is 11.8 Å². The van der Waals surface area contributed by atoms with E-state index >= 15 is 0 Å². The zero-order valence-electron chi connectivity index (χ0n) is 18.0. The Bertz CT molecular complexity index is 868. The van der Waals surface area contributed by atoms with Crippen molar-refractivity contribution in [2.75, 3.05) is 25.9 Å². The van der Waals surface area contributed by atoms with Crippen LogP contribution in [0.25, 0.3) is 11.3 Å². The molecule has 1 aromatic heterocycles. The molecule has 1 fully saturated rings. The van der Waals surface area contributed by atoms with Crippen molar-refractivity contribution in [2.45, 2.75) is 46.6 Å². The second-order valence-electron chi connectivity index (χ2n) is 6.87. The van der Waals surface area contributed by atoms with E-state index in [0.29, 0.717) is 42.3 Å². The Balaban J connectivity index is 0.00000145. The average molecular weight is 398 g/mol. The number of aryl methyl sites for hydroxylation is 1. The molecule has 29 heavy (non-hydrogen) atoms. The Morgan fingerprint density at radius 3 is 2.66 bits per heavy atom. The van der Waals surface area contributed by atoms with Gasteiger partial charge >= 0.3 is 0 Å². The van der Waals surface area contributed by atoms with Crippen molar-refractivity contribution in [1.29, 1.82) is 0 Å². The number of nitrogen functional groups attached to an aromatic ring is 1. The molecule has 0 aliphatic carbocycles. The molecular formula is C22H31N5O2. The van der Waals surface area contributed by atoms with Gasteiger partial charge < -0.3 is 15.5 Å². The van der Waals surface area contributed by atoms with Gasteiger partial charge in [0.25, 0.3) is 5.91 Å². The van der Waals surface area contributed by atoms with Crippen LogP contribution < -0.4 is 5.73 Å². The van der Waals surface area contributed by atoms with Crippen LogP contribution in [-0.2, 0) is 4.79 Å². The molecule has 1 saturated heterocycles. The first-order valence-corrected chi connectivity index (χ1v) is 10.2. The van der Waals surface area contributed by atoms with Gasteiger partial charge in [-0.1, -0.05) is 39.3 Å². The molecule has 0 radical (unpaired) electrons. The van der Waals surface area contributed by atoms with Crippen molar-refractivity contribution < 1.29 is 9.59 Å². The molecule has 7 nitrogen and oxygen atoms in total. The lowest BCUT2D eigenvalue weighted by Gasteiger charge is -2.39. The van der Waals surface area contributed by atoms with Gasteiger partial charge in [-0.2, -0.15) is 0 Å². The molecule has 1 aliphatic rings. The lowest BCUT2D eigenvalue weighted by molar-refractivity contribution is -0.138. The normalized spacial score (nSPS) is 16.3. The Hall–Kier alpha value is -2.96. The van der Waals surface area contributed by atoms with Crippen LogP contribution in [-0.4, -0.2) is 57.8 Å². The van der Waals surface area contributed by atoms with Gasteiger partial charge in [0.2, 0.25) is 5.91 Å². The Morgan fingerprint density at radius 2 is 2.00 bits per heavy atom. The molecule has 2 amide bonds. The standard InChI is InChI=1S/C20H25N5O2.C2H6/c1-4-6-17-20(27)24(3)9-10-25(17)19(26)15-8-5-7-14(11-15)16-12-22-18(21)13(2)23-16;1-2/h5,7-8,11-12,17H,4,6,9-10H2,1-3H3,(H2,21,22);1-2H3. The molecule has 1 aliphatic heterocycles. The highest BCUT2D eigenvalue weighted by Gasteiger charge is 2.35. The summed E-state index contributed by atoms with van der Waals surface area (Å²) in [4.78, 5) is 37.7. The van der Waals surface area contributed by atoms with Crippen LogP contribution >= 0.6 is 0 Å². The number of amides is 2. The minimum absolute atomic E-state index is 0.00707. The van der Waals surface area contributed by atoms with Crippen LogP contribution in [0.4, 0.5) is 5.82 Å².